The van der Waals surface area contributed by atoms with Gasteiger partial charge < -0.3 is 9.52 Å². The molecule has 1 aromatic carbocycles. The maximum absolute atomic E-state index is 8.82. The Labute approximate surface area is 110 Å². The molecule has 0 fully saturated rings. The molecule has 2 aromatic rings. The van der Waals surface area contributed by atoms with Gasteiger partial charge >= 0.3 is 0 Å². The van der Waals surface area contributed by atoms with Gasteiger partial charge in [-0.05, 0) is 18.6 Å². The van der Waals surface area contributed by atoms with Crippen molar-refractivity contribution in [3.63, 3.8) is 0 Å². The lowest BCUT2D eigenvalue weighted by Gasteiger charge is -2.06. The Hall–Kier alpha value is -1.33. The van der Waals surface area contributed by atoms with Gasteiger partial charge in [-0.3, -0.25) is 0 Å². The second-order valence-corrected chi connectivity index (χ2v) is 5.43. The van der Waals surface area contributed by atoms with Crippen molar-refractivity contribution < 1.29 is 9.52 Å². The van der Waals surface area contributed by atoms with Gasteiger partial charge in [0.2, 0.25) is 11.8 Å². The van der Waals surface area contributed by atoms with E-state index < -0.39 is 0 Å². The molecule has 0 saturated carbocycles. The molecule has 0 amide bonds. The summed E-state index contributed by atoms with van der Waals surface area (Å²) in [5.74, 6) is 1.87. The Bertz CT molecular complexity index is 473. The van der Waals surface area contributed by atoms with Crippen molar-refractivity contribution >= 4 is 11.8 Å². The third-order valence-electron chi connectivity index (χ3n) is 2.51. The molecule has 5 heteroatoms. The number of rotatable bonds is 6. The third kappa shape index (κ3) is 3.58. The number of aliphatic hydroxyl groups is 1. The van der Waals surface area contributed by atoms with Gasteiger partial charge in [-0.2, -0.15) is 0 Å². The van der Waals surface area contributed by atoms with Crippen molar-refractivity contribution in [1.29, 1.82) is 0 Å². The molecule has 0 radical (unpaired) electrons. The fourth-order valence-electron chi connectivity index (χ4n) is 1.49. The van der Waals surface area contributed by atoms with Crippen molar-refractivity contribution in [2.75, 3.05) is 6.61 Å². The molecule has 0 saturated heterocycles. The highest BCUT2D eigenvalue weighted by Crippen LogP contribution is 2.22. The van der Waals surface area contributed by atoms with Crippen LogP contribution in [0.1, 0.15) is 19.2 Å². The molecule has 96 valence electrons. The van der Waals surface area contributed by atoms with E-state index in [0.717, 1.165) is 12.0 Å². The fraction of sp³-hybridized carbons (Fsp3) is 0.385. The van der Waals surface area contributed by atoms with Crippen LogP contribution in [0.4, 0.5) is 0 Å². The first kappa shape index (κ1) is 13.1. The highest BCUT2D eigenvalue weighted by atomic mass is 32.2. The van der Waals surface area contributed by atoms with Crippen molar-refractivity contribution in [3.05, 3.63) is 36.2 Å². The molecule has 1 unspecified atom stereocenters. The zero-order valence-electron chi connectivity index (χ0n) is 10.2. The number of hydrogen-bond donors (Lipinski definition) is 1. The van der Waals surface area contributed by atoms with Crippen molar-refractivity contribution in [2.24, 2.45) is 0 Å². The monoisotopic (exact) mass is 264 g/mol. The maximum Gasteiger partial charge on any atom is 0.247 e. The SMILES string of the molecule is CC(CCO)SCc1nnc(-c2ccccc2)o1. The number of thioether (sulfide) groups is 1. The van der Waals surface area contributed by atoms with E-state index >= 15 is 0 Å². The predicted molar refractivity (Wildman–Crippen MR) is 72.2 cm³/mol. The summed E-state index contributed by atoms with van der Waals surface area (Å²) in [7, 11) is 0. The van der Waals surface area contributed by atoms with Crippen LogP contribution in [0.3, 0.4) is 0 Å². The van der Waals surface area contributed by atoms with E-state index in [0.29, 0.717) is 22.8 Å². The number of hydrogen-bond acceptors (Lipinski definition) is 5. The summed E-state index contributed by atoms with van der Waals surface area (Å²) in [5.41, 5.74) is 0.935. The minimum absolute atomic E-state index is 0.216. The quantitative estimate of drug-likeness (QED) is 0.869. The van der Waals surface area contributed by atoms with Gasteiger partial charge in [0.15, 0.2) is 0 Å². The first-order chi connectivity index (χ1) is 8.79. The summed E-state index contributed by atoms with van der Waals surface area (Å²) >= 11 is 1.71. The summed E-state index contributed by atoms with van der Waals surface area (Å²) in [6.07, 6.45) is 0.782. The molecule has 0 bridgehead atoms. The predicted octanol–water partition coefficient (Wildman–Crippen LogP) is 2.74. The van der Waals surface area contributed by atoms with Crippen LogP contribution >= 0.6 is 11.8 Å². The van der Waals surface area contributed by atoms with E-state index in [1.54, 1.807) is 11.8 Å². The van der Waals surface area contributed by atoms with Crippen molar-refractivity contribution in [1.82, 2.24) is 10.2 Å². The molecule has 1 atom stereocenters. The first-order valence-corrected chi connectivity index (χ1v) is 6.94. The van der Waals surface area contributed by atoms with E-state index in [9.17, 15) is 0 Å². The molecule has 1 N–H and O–H groups in total. The largest absolute Gasteiger partial charge is 0.420 e. The second-order valence-electron chi connectivity index (χ2n) is 4.00. The van der Waals surface area contributed by atoms with Gasteiger partial charge in [0.25, 0.3) is 0 Å². The second kappa shape index (κ2) is 6.56. The van der Waals surface area contributed by atoms with Gasteiger partial charge in [0, 0.05) is 17.4 Å². The molecule has 2 rings (SSSR count). The van der Waals surface area contributed by atoms with Crippen LogP contribution in [0.5, 0.6) is 0 Å². The first-order valence-electron chi connectivity index (χ1n) is 5.90. The molecule has 0 aliphatic rings. The Morgan fingerprint density at radius 3 is 2.78 bits per heavy atom. The van der Waals surface area contributed by atoms with Gasteiger partial charge in [-0.15, -0.1) is 22.0 Å². The fourth-order valence-corrected chi connectivity index (χ4v) is 2.30. The van der Waals surface area contributed by atoms with Crippen LogP contribution in [0.15, 0.2) is 34.7 Å². The number of aromatic nitrogens is 2. The lowest BCUT2D eigenvalue weighted by molar-refractivity contribution is 0.289. The van der Waals surface area contributed by atoms with E-state index in [-0.39, 0.29) is 6.61 Å². The minimum atomic E-state index is 0.216. The molecule has 18 heavy (non-hydrogen) atoms. The Kier molecular flexibility index (Phi) is 4.78. The normalized spacial score (nSPS) is 12.6. The molecule has 0 spiro atoms. The molecule has 4 nitrogen and oxygen atoms in total. The summed E-state index contributed by atoms with van der Waals surface area (Å²) in [5, 5.41) is 17.3. The van der Waals surface area contributed by atoms with Crippen LogP contribution in [-0.4, -0.2) is 27.2 Å². The Balaban J connectivity index is 1.95. The number of aliphatic hydroxyl groups excluding tert-OH is 1. The topological polar surface area (TPSA) is 59.2 Å². The van der Waals surface area contributed by atoms with Crippen LogP contribution < -0.4 is 0 Å². The van der Waals surface area contributed by atoms with Crippen LogP contribution in [0.2, 0.25) is 0 Å². The van der Waals surface area contributed by atoms with E-state index in [1.165, 1.54) is 0 Å². The lowest BCUT2D eigenvalue weighted by atomic mass is 10.2. The zero-order valence-corrected chi connectivity index (χ0v) is 11.1. The summed E-state index contributed by atoms with van der Waals surface area (Å²) in [4.78, 5) is 0. The minimum Gasteiger partial charge on any atom is -0.420 e. The molecular formula is C13H16N2O2S. The van der Waals surface area contributed by atoms with Gasteiger partial charge in [-0.1, -0.05) is 25.1 Å². The molecule has 1 heterocycles. The molecule has 1 aromatic heterocycles. The summed E-state index contributed by atoms with van der Waals surface area (Å²) in [6, 6.07) is 9.72. The van der Waals surface area contributed by atoms with Gasteiger partial charge in [0.05, 0.1) is 5.75 Å². The Morgan fingerprint density at radius 2 is 2.06 bits per heavy atom. The highest BCUT2D eigenvalue weighted by molar-refractivity contribution is 7.99. The zero-order chi connectivity index (χ0) is 12.8. The average molecular weight is 264 g/mol. The highest BCUT2D eigenvalue weighted by Gasteiger charge is 2.09. The van der Waals surface area contributed by atoms with Crippen molar-refractivity contribution in [3.8, 4) is 11.5 Å². The average Bonchev–Trinajstić information content (AvgIpc) is 2.87. The molecule has 0 aliphatic heterocycles. The van der Waals surface area contributed by atoms with Crippen LogP contribution in [-0.2, 0) is 5.75 Å². The van der Waals surface area contributed by atoms with Crippen molar-refractivity contribution in [2.45, 2.75) is 24.3 Å². The number of benzene rings is 1. The standard InChI is InChI=1S/C13H16N2O2S/c1-10(7-8-16)18-9-12-14-15-13(17-12)11-5-3-2-4-6-11/h2-6,10,16H,7-9H2,1H3. The lowest BCUT2D eigenvalue weighted by Crippen LogP contribution is -1.99. The smallest absolute Gasteiger partial charge is 0.247 e. The maximum atomic E-state index is 8.82. The third-order valence-corrected chi connectivity index (χ3v) is 3.73. The Morgan fingerprint density at radius 1 is 1.28 bits per heavy atom. The van der Waals surface area contributed by atoms with Crippen LogP contribution in [0, 0.1) is 0 Å². The van der Waals surface area contributed by atoms with Crippen LogP contribution in [0.25, 0.3) is 11.5 Å². The van der Waals surface area contributed by atoms with E-state index in [2.05, 4.69) is 17.1 Å². The molecule has 0 aliphatic carbocycles. The number of nitrogens with zero attached hydrogens (tertiary/aromatic N) is 2. The summed E-state index contributed by atoms with van der Waals surface area (Å²) in [6.45, 7) is 2.29. The van der Waals surface area contributed by atoms with E-state index in [1.807, 2.05) is 30.3 Å². The van der Waals surface area contributed by atoms with Gasteiger partial charge in [-0.25, -0.2) is 0 Å². The molecular weight excluding hydrogens is 248 g/mol. The van der Waals surface area contributed by atoms with Gasteiger partial charge in [0.1, 0.15) is 0 Å². The van der Waals surface area contributed by atoms with E-state index in [4.69, 9.17) is 9.52 Å². The summed E-state index contributed by atoms with van der Waals surface area (Å²) < 4.78 is 5.59.